The van der Waals surface area contributed by atoms with Crippen LogP contribution in [0.15, 0.2) is 6.07 Å². The van der Waals surface area contributed by atoms with E-state index in [-0.39, 0.29) is 5.95 Å². The zero-order valence-electron chi connectivity index (χ0n) is 10.4. The summed E-state index contributed by atoms with van der Waals surface area (Å²) in [6.07, 6.45) is 1.00. The number of nitrogen functional groups attached to an aromatic ring is 1. The van der Waals surface area contributed by atoms with Crippen molar-refractivity contribution in [2.75, 3.05) is 37.4 Å². The molecule has 96 valence electrons. The molecule has 0 amide bonds. The van der Waals surface area contributed by atoms with Crippen LogP contribution in [-0.2, 0) is 4.74 Å². The SMILES string of the molecule is CCCOCCOc1cc(NCC)nc(N)n1. The molecule has 1 heterocycles. The molecule has 17 heavy (non-hydrogen) atoms. The molecule has 0 saturated carbocycles. The first kappa shape index (κ1) is 13.5. The average Bonchev–Trinajstić information content (AvgIpc) is 2.28. The van der Waals surface area contributed by atoms with E-state index < -0.39 is 0 Å². The summed E-state index contributed by atoms with van der Waals surface area (Å²) in [6, 6.07) is 1.72. The largest absolute Gasteiger partial charge is 0.475 e. The summed E-state index contributed by atoms with van der Waals surface area (Å²) >= 11 is 0. The van der Waals surface area contributed by atoms with Gasteiger partial charge in [-0.1, -0.05) is 6.92 Å². The van der Waals surface area contributed by atoms with Crippen LogP contribution in [-0.4, -0.2) is 36.3 Å². The molecule has 6 nitrogen and oxygen atoms in total. The van der Waals surface area contributed by atoms with Crippen LogP contribution in [0.3, 0.4) is 0 Å². The van der Waals surface area contributed by atoms with Gasteiger partial charge in [0.2, 0.25) is 11.8 Å². The van der Waals surface area contributed by atoms with Crippen molar-refractivity contribution in [1.82, 2.24) is 9.97 Å². The summed E-state index contributed by atoms with van der Waals surface area (Å²) in [7, 11) is 0. The quantitative estimate of drug-likeness (QED) is 0.666. The third kappa shape index (κ3) is 5.35. The van der Waals surface area contributed by atoms with Crippen LogP contribution in [0.25, 0.3) is 0 Å². The molecule has 0 radical (unpaired) electrons. The standard InChI is InChI=1S/C11H20N4O2/c1-3-5-16-6-7-17-10-8-9(13-4-2)14-11(12)15-10/h8H,3-7H2,1-2H3,(H3,12,13,14,15). The maximum Gasteiger partial charge on any atom is 0.225 e. The van der Waals surface area contributed by atoms with Crippen molar-refractivity contribution >= 4 is 11.8 Å². The van der Waals surface area contributed by atoms with E-state index in [1.807, 2.05) is 6.92 Å². The predicted molar refractivity (Wildman–Crippen MR) is 67.2 cm³/mol. The van der Waals surface area contributed by atoms with Gasteiger partial charge < -0.3 is 20.5 Å². The molecule has 0 fully saturated rings. The molecule has 0 unspecified atom stereocenters. The Morgan fingerprint density at radius 3 is 2.76 bits per heavy atom. The number of rotatable bonds is 8. The molecule has 0 bridgehead atoms. The van der Waals surface area contributed by atoms with Gasteiger partial charge in [0.15, 0.2) is 0 Å². The van der Waals surface area contributed by atoms with Crippen LogP contribution in [0, 0.1) is 0 Å². The van der Waals surface area contributed by atoms with Crippen LogP contribution < -0.4 is 15.8 Å². The molecule has 1 aromatic heterocycles. The Morgan fingerprint density at radius 1 is 1.24 bits per heavy atom. The fourth-order valence-corrected chi connectivity index (χ4v) is 1.24. The van der Waals surface area contributed by atoms with Crippen molar-refractivity contribution in [3.63, 3.8) is 0 Å². The highest BCUT2D eigenvalue weighted by molar-refractivity contribution is 5.42. The maximum atomic E-state index is 5.57. The minimum absolute atomic E-state index is 0.202. The fourth-order valence-electron chi connectivity index (χ4n) is 1.24. The molecule has 1 aromatic rings. The lowest BCUT2D eigenvalue weighted by Gasteiger charge is -2.08. The fraction of sp³-hybridized carbons (Fsp3) is 0.636. The third-order valence-corrected chi connectivity index (χ3v) is 1.90. The molecule has 0 saturated heterocycles. The van der Waals surface area contributed by atoms with E-state index in [4.69, 9.17) is 15.2 Å². The molecule has 0 aliphatic carbocycles. The van der Waals surface area contributed by atoms with E-state index in [1.54, 1.807) is 6.07 Å². The predicted octanol–water partition coefficient (Wildman–Crippen LogP) is 1.30. The molecule has 0 aromatic carbocycles. The van der Waals surface area contributed by atoms with Crippen molar-refractivity contribution < 1.29 is 9.47 Å². The second kappa shape index (κ2) is 7.67. The van der Waals surface area contributed by atoms with Crippen molar-refractivity contribution in [2.24, 2.45) is 0 Å². The van der Waals surface area contributed by atoms with Gasteiger partial charge in [0.1, 0.15) is 12.4 Å². The Balaban J connectivity index is 2.41. The molecule has 0 spiro atoms. The number of aromatic nitrogens is 2. The topological polar surface area (TPSA) is 82.3 Å². The maximum absolute atomic E-state index is 5.57. The zero-order chi connectivity index (χ0) is 12.5. The van der Waals surface area contributed by atoms with Crippen LogP contribution >= 0.6 is 0 Å². The van der Waals surface area contributed by atoms with Crippen LogP contribution in [0.4, 0.5) is 11.8 Å². The highest BCUT2D eigenvalue weighted by Gasteiger charge is 2.02. The van der Waals surface area contributed by atoms with Gasteiger partial charge in [0.25, 0.3) is 0 Å². The summed E-state index contributed by atoms with van der Waals surface area (Å²) in [5.74, 6) is 1.34. The molecule has 1 rings (SSSR count). The summed E-state index contributed by atoms with van der Waals surface area (Å²) in [5.41, 5.74) is 5.57. The molecule has 0 atom stereocenters. The normalized spacial score (nSPS) is 10.2. The number of nitrogens with two attached hydrogens (primary N) is 1. The summed E-state index contributed by atoms with van der Waals surface area (Å²) < 4.78 is 10.7. The van der Waals surface area contributed by atoms with Crippen molar-refractivity contribution in [2.45, 2.75) is 20.3 Å². The summed E-state index contributed by atoms with van der Waals surface area (Å²) in [5, 5.41) is 3.06. The summed E-state index contributed by atoms with van der Waals surface area (Å²) in [6.45, 7) is 6.58. The third-order valence-electron chi connectivity index (χ3n) is 1.90. The summed E-state index contributed by atoms with van der Waals surface area (Å²) in [4.78, 5) is 8.01. The van der Waals surface area contributed by atoms with Gasteiger partial charge in [0.05, 0.1) is 6.61 Å². The molecular weight excluding hydrogens is 220 g/mol. The Kier molecular flexibility index (Phi) is 6.09. The first-order chi connectivity index (χ1) is 8.26. The van der Waals surface area contributed by atoms with Crippen molar-refractivity contribution in [3.05, 3.63) is 6.07 Å². The van der Waals surface area contributed by atoms with Gasteiger partial charge >= 0.3 is 0 Å². The minimum Gasteiger partial charge on any atom is -0.475 e. The van der Waals surface area contributed by atoms with Gasteiger partial charge in [-0.25, -0.2) is 0 Å². The number of anilines is 2. The van der Waals surface area contributed by atoms with Gasteiger partial charge in [0, 0.05) is 19.2 Å². The van der Waals surface area contributed by atoms with Gasteiger partial charge in [-0.2, -0.15) is 9.97 Å². The smallest absolute Gasteiger partial charge is 0.225 e. The Hall–Kier alpha value is -1.56. The molecular formula is C11H20N4O2. The number of hydrogen-bond acceptors (Lipinski definition) is 6. The van der Waals surface area contributed by atoms with Gasteiger partial charge in [-0.05, 0) is 13.3 Å². The second-order valence-corrected chi connectivity index (χ2v) is 3.44. The zero-order valence-corrected chi connectivity index (χ0v) is 10.4. The van der Waals surface area contributed by atoms with Crippen LogP contribution in [0.5, 0.6) is 5.88 Å². The lowest BCUT2D eigenvalue weighted by atomic mass is 10.5. The molecule has 0 aliphatic heterocycles. The van der Waals surface area contributed by atoms with Crippen LogP contribution in [0.2, 0.25) is 0 Å². The van der Waals surface area contributed by atoms with E-state index in [1.165, 1.54) is 0 Å². The number of hydrogen-bond donors (Lipinski definition) is 2. The lowest BCUT2D eigenvalue weighted by molar-refractivity contribution is 0.0990. The highest BCUT2D eigenvalue weighted by atomic mass is 16.5. The minimum atomic E-state index is 0.202. The van der Waals surface area contributed by atoms with E-state index in [0.717, 1.165) is 19.6 Å². The Labute approximate surface area is 102 Å². The van der Waals surface area contributed by atoms with Crippen molar-refractivity contribution in [3.8, 4) is 5.88 Å². The van der Waals surface area contributed by atoms with E-state index in [0.29, 0.717) is 24.9 Å². The average molecular weight is 240 g/mol. The van der Waals surface area contributed by atoms with Crippen LogP contribution in [0.1, 0.15) is 20.3 Å². The lowest BCUT2D eigenvalue weighted by Crippen LogP contribution is -2.10. The highest BCUT2D eigenvalue weighted by Crippen LogP contribution is 2.14. The number of nitrogens with zero attached hydrogens (tertiary/aromatic N) is 2. The first-order valence-corrected chi connectivity index (χ1v) is 5.85. The van der Waals surface area contributed by atoms with Gasteiger partial charge in [-0.3, -0.25) is 0 Å². The van der Waals surface area contributed by atoms with Gasteiger partial charge in [-0.15, -0.1) is 0 Å². The van der Waals surface area contributed by atoms with Crippen molar-refractivity contribution in [1.29, 1.82) is 0 Å². The number of ether oxygens (including phenoxy) is 2. The van der Waals surface area contributed by atoms with E-state index >= 15 is 0 Å². The molecule has 0 aliphatic rings. The second-order valence-electron chi connectivity index (χ2n) is 3.44. The molecule has 6 heteroatoms. The Bertz CT molecular complexity index is 333. The number of nitrogens with one attached hydrogen (secondary N) is 1. The monoisotopic (exact) mass is 240 g/mol. The van der Waals surface area contributed by atoms with E-state index in [2.05, 4.69) is 22.2 Å². The first-order valence-electron chi connectivity index (χ1n) is 5.85. The van der Waals surface area contributed by atoms with E-state index in [9.17, 15) is 0 Å². The molecule has 3 N–H and O–H groups in total. The Morgan fingerprint density at radius 2 is 2.06 bits per heavy atom.